The molecular formula is C19H18N2O3. The average Bonchev–Trinajstić information content (AvgIpc) is 2.88. The molecule has 24 heavy (non-hydrogen) atoms. The van der Waals surface area contributed by atoms with Crippen LogP contribution in [0.5, 0.6) is 5.75 Å². The molecule has 0 unspecified atom stereocenters. The van der Waals surface area contributed by atoms with Crippen LogP contribution in [0.1, 0.15) is 5.56 Å². The van der Waals surface area contributed by atoms with E-state index >= 15 is 0 Å². The fraction of sp³-hybridized carbons (Fsp3) is 0.211. The van der Waals surface area contributed by atoms with Gasteiger partial charge in [-0.1, -0.05) is 12.1 Å². The van der Waals surface area contributed by atoms with Gasteiger partial charge in [0.15, 0.2) is 0 Å². The van der Waals surface area contributed by atoms with Gasteiger partial charge in [0, 0.05) is 23.3 Å². The molecule has 0 aliphatic heterocycles. The fourth-order valence-corrected chi connectivity index (χ4v) is 3.48. The Morgan fingerprint density at radius 3 is 2.46 bits per heavy atom. The van der Waals surface area contributed by atoms with Crippen molar-refractivity contribution in [3.05, 3.63) is 52.3 Å². The van der Waals surface area contributed by atoms with Crippen LogP contribution in [0, 0.1) is 6.92 Å². The zero-order valence-corrected chi connectivity index (χ0v) is 14.1. The van der Waals surface area contributed by atoms with Crippen LogP contribution in [-0.2, 0) is 7.05 Å². The van der Waals surface area contributed by atoms with Gasteiger partial charge in [-0.2, -0.15) is 0 Å². The van der Waals surface area contributed by atoms with Gasteiger partial charge in [-0.05, 0) is 36.8 Å². The summed E-state index contributed by atoms with van der Waals surface area (Å²) in [6.45, 7) is 2.00. The minimum absolute atomic E-state index is 0.163. The number of ether oxygens (including phenoxy) is 1. The zero-order valence-electron chi connectivity index (χ0n) is 14.1. The maximum atomic E-state index is 13.1. The van der Waals surface area contributed by atoms with Gasteiger partial charge in [0.25, 0.3) is 5.56 Å². The van der Waals surface area contributed by atoms with Crippen molar-refractivity contribution in [3.63, 3.8) is 0 Å². The van der Waals surface area contributed by atoms with Gasteiger partial charge in [0.1, 0.15) is 12.9 Å². The predicted octanol–water partition coefficient (Wildman–Crippen LogP) is 3.02. The first-order valence-electron chi connectivity index (χ1n) is 7.73. The molecule has 0 N–H and O–H groups in total. The molecule has 5 nitrogen and oxygen atoms in total. The lowest BCUT2D eigenvalue weighted by atomic mass is 10.1. The van der Waals surface area contributed by atoms with Gasteiger partial charge in [-0.25, -0.2) is 0 Å². The largest absolute Gasteiger partial charge is 0.497 e. The second-order valence-corrected chi connectivity index (χ2v) is 5.97. The molecule has 0 aliphatic rings. The number of rotatable bonds is 2. The van der Waals surface area contributed by atoms with E-state index in [2.05, 4.69) is 4.57 Å². The van der Waals surface area contributed by atoms with E-state index in [-0.39, 0.29) is 5.56 Å². The smallest absolute Gasteiger partial charge is 0.293 e. The maximum absolute atomic E-state index is 13.1. The standard InChI is InChI=1S/C19H18N2O3/c1-11-5-7-13-16(9-11)21(24-4)19(22)17-14-10-12(23-3)6-8-15(14)20(2)18(13)17/h5-10H,1-4H3. The minimum Gasteiger partial charge on any atom is -0.497 e. The Morgan fingerprint density at radius 1 is 0.958 bits per heavy atom. The summed E-state index contributed by atoms with van der Waals surface area (Å²) in [4.78, 5) is 18.5. The summed E-state index contributed by atoms with van der Waals surface area (Å²) in [7, 11) is 5.12. The second kappa shape index (κ2) is 5.03. The number of aromatic nitrogens is 2. The highest BCUT2D eigenvalue weighted by atomic mass is 16.6. The summed E-state index contributed by atoms with van der Waals surface area (Å²) in [6, 6.07) is 11.8. The van der Waals surface area contributed by atoms with Crippen molar-refractivity contribution in [1.82, 2.24) is 9.30 Å². The van der Waals surface area contributed by atoms with Crippen LogP contribution in [0.4, 0.5) is 0 Å². The van der Waals surface area contributed by atoms with Crippen molar-refractivity contribution in [1.29, 1.82) is 0 Å². The van der Waals surface area contributed by atoms with Crippen LogP contribution >= 0.6 is 0 Å². The molecule has 0 saturated carbocycles. The molecule has 2 aromatic carbocycles. The Morgan fingerprint density at radius 2 is 1.75 bits per heavy atom. The molecule has 0 fully saturated rings. The van der Waals surface area contributed by atoms with Crippen molar-refractivity contribution >= 4 is 32.7 Å². The summed E-state index contributed by atoms with van der Waals surface area (Å²) in [6.07, 6.45) is 0. The van der Waals surface area contributed by atoms with Gasteiger partial charge in [-0.3, -0.25) is 4.79 Å². The Labute approximate surface area is 138 Å². The van der Waals surface area contributed by atoms with Gasteiger partial charge in [-0.15, -0.1) is 4.73 Å². The number of pyridine rings is 1. The lowest BCUT2D eigenvalue weighted by Gasteiger charge is -2.11. The molecule has 0 radical (unpaired) electrons. The van der Waals surface area contributed by atoms with E-state index in [1.54, 1.807) is 7.11 Å². The molecule has 4 aromatic rings. The quantitative estimate of drug-likeness (QED) is 0.570. The van der Waals surface area contributed by atoms with Crippen LogP contribution in [0.2, 0.25) is 0 Å². The minimum atomic E-state index is -0.163. The van der Waals surface area contributed by atoms with Crippen molar-refractivity contribution in [2.24, 2.45) is 7.05 Å². The predicted molar refractivity (Wildman–Crippen MR) is 96.0 cm³/mol. The number of fused-ring (bicyclic) bond motifs is 5. The first-order valence-corrected chi connectivity index (χ1v) is 7.73. The molecule has 0 saturated heterocycles. The van der Waals surface area contributed by atoms with Crippen LogP contribution in [0.25, 0.3) is 32.7 Å². The molecule has 5 heteroatoms. The number of nitrogens with zero attached hydrogens (tertiary/aromatic N) is 2. The summed E-state index contributed by atoms with van der Waals surface area (Å²) >= 11 is 0. The van der Waals surface area contributed by atoms with Crippen LogP contribution in [0.15, 0.2) is 41.2 Å². The highest BCUT2D eigenvalue weighted by Crippen LogP contribution is 2.33. The Bertz CT molecular complexity index is 1170. The molecule has 0 atom stereocenters. The van der Waals surface area contributed by atoms with E-state index in [1.165, 1.54) is 11.8 Å². The third-order valence-electron chi connectivity index (χ3n) is 4.61. The lowest BCUT2D eigenvalue weighted by Crippen LogP contribution is -2.25. The highest BCUT2D eigenvalue weighted by Gasteiger charge is 2.19. The second-order valence-electron chi connectivity index (χ2n) is 5.97. The Kier molecular flexibility index (Phi) is 3.06. The molecule has 2 heterocycles. The monoisotopic (exact) mass is 322 g/mol. The maximum Gasteiger partial charge on any atom is 0.293 e. The van der Waals surface area contributed by atoms with Crippen LogP contribution < -0.4 is 15.1 Å². The van der Waals surface area contributed by atoms with Crippen molar-refractivity contribution in [3.8, 4) is 5.75 Å². The number of aryl methyl sites for hydroxylation is 2. The first-order chi connectivity index (χ1) is 11.6. The van der Waals surface area contributed by atoms with Crippen molar-refractivity contribution < 1.29 is 9.57 Å². The molecule has 0 amide bonds. The van der Waals surface area contributed by atoms with E-state index in [9.17, 15) is 4.79 Å². The summed E-state index contributed by atoms with van der Waals surface area (Å²) in [5.41, 5.74) is 3.58. The SMILES string of the molecule is COc1ccc2c(c1)c1c(=O)n(OC)c3cc(C)ccc3c1n2C. The van der Waals surface area contributed by atoms with E-state index in [1.807, 2.05) is 50.4 Å². The van der Waals surface area contributed by atoms with Crippen molar-refractivity contribution in [2.45, 2.75) is 6.92 Å². The highest BCUT2D eigenvalue weighted by molar-refractivity contribution is 6.16. The molecular weight excluding hydrogens is 304 g/mol. The zero-order chi connectivity index (χ0) is 17.0. The number of methoxy groups -OCH3 is 1. The van der Waals surface area contributed by atoms with E-state index < -0.39 is 0 Å². The van der Waals surface area contributed by atoms with Crippen molar-refractivity contribution in [2.75, 3.05) is 14.2 Å². The lowest BCUT2D eigenvalue weighted by molar-refractivity contribution is 0.170. The fourth-order valence-electron chi connectivity index (χ4n) is 3.48. The average molecular weight is 322 g/mol. The first kappa shape index (κ1) is 14.6. The summed E-state index contributed by atoms with van der Waals surface area (Å²) in [5.74, 6) is 0.724. The van der Waals surface area contributed by atoms with Crippen LogP contribution in [-0.4, -0.2) is 23.5 Å². The summed E-state index contributed by atoms with van der Waals surface area (Å²) < 4.78 is 8.75. The molecule has 0 bridgehead atoms. The van der Waals surface area contributed by atoms with Gasteiger partial charge < -0.3 is 14.1 Å². The van der Waals surface area contributed by atoms with Gasteiger partial charge >= 0.3 is 0 Å². The number of benzene rings is 2. The van der Waals surface area contributed by atoms with E-state index in [0.29, 0.717) is 5.39 Å². The Hall–Kier alpha value is -2.95. The van der Waals surface area contributed by atoms with Gasteiger partial charge in [0.05, 0.1) is 23.5 Å². The third kappa shape index (κ3) is 1.78. The Balaban J connectivity index is 2.36. The van der Waals surface area contributed by atoms with E-state index in [4.69, 9.17) is 9.57 Å². The third-order valence-corrected chi connectivity index (χ3v) is 4.61. The number of hydrogen-bond acceptors (Lipinski definition) is 3. The van der Waals surface area contributed by atoms with E-state index in [0.717, 1.165) is 38.6 Å². The molecule has 2 aromatic heterocycles. The molecule has 0 spiro atoms. The molecule has 122 valence electrons. The summed E-state index contributed by atoms with van der Waals surface area (Å²) in [5, 5.41) is 2.49. The normalized spacial score (nSPS) is 11.5. The van der Waals surface area contributed by atoms with Crippen LogP contribution in [0.3, 0.4) is 0 Å². The molecule has 0 aliphatic carbocycles. The topological polar surface area (TPSA) is 45.4 Å². The van der Waals surface area contributed by atoms with Gasteiger partial charge in [0.2, 0.25) is 0 Å². The number of hydrogen-bond donors (Lipinski definition) is 0. The molecule has 4 rings (SSSR count).